The summed E-state index contributed by atoms with van der Waals surface area (Å²) in [7, 11) is 0. The molecule has 0 saturated heterocycles. The van der Waals surface area contributed by atoms with Gasteiger partial charge in [0.2, 0.25) is 0 Å². The number of rotatable bonds is 0. The van der Waals surface area contributed by atoms with Crippen LogP contribution >= 0.6 is 0 Å². The third kappa shape index (κ3) is 251. The molecule has 12 heavy (non-hydrogen) atoms. The fraction of sp³-hybridized carbons (Fsp3) is 0.500. The molecule has 0 spiro atoms. The maximum atomic E-state index is 3.83. The summed E-state index contributed by atoms with van der Waals surface area (Å²) in [5, 5.41) is 0. The van der Waals surface area contributed by atoms with Crippen LogP contribution in [-0.2, 0) is 44.8 Å². The summed E-state index contributed by atoms with van der Waals surface area (Å²) >= 11 is -2.75. The molecular formula is C8H20As2Au2. The van der Waals surface area contributed by atoms with Crippen LogP contribution in [0.1, 0.15) is 0 Å². The second kappa shape index (κ2) is 10.1. The third-order valence-electron chi connectivity index (χ3n) is 0. The molecule has 0 rings (SSSR count). The van der Waals surface area contributed by atoms with Crippen molar-refractivity contribution >= 4 is 27.1 Å². The van der Waals surface area contributed by atoms with Crippen molar-refractivity contribution in [2.24, 2.45) is 0 Å². The summed E-state index contributed by atoms with van der Waals surface area (Å²) in [5.74, 6) is 0. The second-order valence-electron chi connectivity index (χ2n) is 3.87. The van der Waals surface area contributed by atoms with Crippen LogP contribution in [0.3, 0.4) is 0 Å². The molecule has 0 radical (unpaired) electrons. The predicted octanol–water partition coefficient (Wildman–Crippen LogP) is 2.88. The summed E-state index contributed by atoms with van der Waals surface area (Å²) in [4.78, 5) is 0. The van der Waals surface area contributed by atoms with Crippen LogP contribution in [0.5, 0.6) is 0 Å². The molecule has 0 bridgehead atoms. The van der Waals surface area contributed by atoms with E-state index in [-0.39, 0.29) is 44.8 Å². The van der Waals surface area contributed by atoms with Gasteiger partial charge in [0.1, 0.15) is 0 Å². The standard InChI is InChI=1S/2C4H10As.2Au/c2*1-5(2,3)4;;/h2*1-2H2,3-4H3;;/q2*-1;2*+1. The van der Waals surface area contributed by atoms with E-state index < -0.39 is 27.1 Å². The normalized spacial score (nSPS) is 10.0. The Balaban J connectivity index is -0.0000000457. The molecule has 0 aliphatic heterocycles. The van der Waals surface area contributed by atoms with Crippen LogP contribution in [-0.4, -0.2) is 27.1 Å². The summed E-state index contributed by atoms with van der Waals surface area (Å²) in [5.41, 5.74) is 23.9. The van der Waals surface area contributed by atoms with Gasteiger partial charge in [-0.25, -0.2) is 0 Å². The molecule has 0 fully saturated rings. The Labute approximate surface area is 116 Å². The Kier molecular flexibility index (Phi) is 20.3. The Morgan fingerprint density at radius 2 is 0.583 bits per heavy atom. The zero-order chi connectivity index (χ0) is 9.00. The molecular weight excluding hydrogens is 640 g/mol. The van der Waals surface area contributed by atoms with Crippen molar-refractivity contribution < 1.29 is 44.8 Å². The van der Waals surface area contributed by atoms with E-state index in [2.05, 4.69) is 45.7 Å². The molecule has 0 atom stereocenters. The Bertz CT molecular complexity index is 58.0. The third-order valence-corrected chi connectivity index (χ3v) is 0. The SMILES string of the molecule is [Au+].[Au+].[CH2-][As+]([CH2-])(C)C.[CH2-][As+]([CH2-])(C)C. The van der Waals surface area contributed by atoms with Crippen molar-refractivity contribution in [1.82, 2.24) is 0 Å². The van der Waals surface area contributed by atoms with Crippen LogP contribution in [0.4, 0.5) is 0 Å². The number of hydrogen-bond donors (Lipinski definition) is 0. The molecule has 0 aliphatic rings. The first kappa shape index (κ1) is 24.0. The summed E-state index contributed by atoms with van der Waals surface area (Å²) < 4.78 is 0. The van der Waals surface area contributed by atoms with Gasteiger partial charge in [-0.3, -0.25) is 0 Å². The minimum atomic E-state index is -1.38. The van der Waals surface area contributed by atoms with E-state index in [1.165, 1.54) is 0 Å². The first-order valence-electron chi connectivity index (χ1n) is 3.05. The van der Waals surface area contributed by atoms with Crippen LogP contribution < -0.4 is 0 Å². The van der Waals surface area contributed by atoms with E-state index in [0.717, 1.165) is 0 Å². The molecule has 0 nitrogen and oxygen atoms in total. The van der Waals surface area contributed by atoms with Gasteiger partial charge in [0, 0.05) is 0 Å². The van der Waals surface area contributed by atoms with Gasteiger partial charge in [0.25, 0.3) is 0 Å². The average Bonchev–Trinajstić information content (AvgIpc) is 1.12. The van der Waals surface area contributed by atoms with Gasteiger partial charge >= 0.3 is 118 Å². The molecule has 0 unspecified atom stereocenters. The van der Waals surface area contributed by atoms with Gasteiger partial charge in [-0.2, -0.15) is 0 Å². The van der Waals surface area contributed by atoms with Crippen LogP contribution in [0.25, 0.3) is 0 Å². The van der Waals surface area contributed by atoms with Crippen molar-refractivity contribution in [3.63, 3.8) is 0 Å². The Hall–Kier alpha value is 2.60. The van der Waals surface area contributed by atoms with E-state index in [0.29, 0.717) is 0 Å². The van der Waals surface area contributed by atoms with Gasteiger partial charge in [0.15, 0.2) is 0 Å². The van der Waals surface area contributed by atoms with Crippen molar-refractivity contribution in [3.8, 4) is 0 Å². The molecule has 0 saturated carbocycles. The quantitative estimate of drug-likeness (QED) is 0.278. The fourth-order valence-corrected chi connectivity index (χ4v) is 0. The minimum absolute atomic E-state index is 0. The van der Waals surface area contributed by atoms with Crippen molar-refractivity contribution in [3.05, 3.63) is 22.8 Å². The second-order valence-corrected chi connectivity index (χ2v) is 20.1. The van der Waals surface area contributed by atoms with Gasteiger partial charge in [-0.1, -0.05) is 0 Å². The van der Waals surface area contributed by atoms with Crippen molar-refractivity contribution in [1.29, 1.82) is 0 Å². The molecule has 0 aromatic carbocycles. The molecule has 0 aromatic heterocycles. The molecule has 0 amide bonds. The topological polar surface area (TPSA) is 0 Å². The molecule has 84 valence electrons. The Morgan fingerprint density at radius 1 is 0.583 bits per heavy atom. The van der Waals surface area contributed by atoms with Crippen LogP contribution in [0.15, 0.2) is 0 Å². The molecule has 0 N–H and O–H groups in total. The van der Waals surface area contributed by atoms with Crippen LogP contribution in [0.2, 0.25) is 22.8 Å². The first-order chi connectivity index (χ1) is 4.00. The van der Waals surface area contributed by atoms with E-state index in [1.807, 2.05) is 0 Å². The zero-order valence-corrected chi connectivity index (χ0v) is 16.4. The maximum absolute atomic E-state index is 3.83. The first-order valence-corrected chi connectivity index (χ1v) is 15.9. The fourth-order valence-electron chi connectivity index (χ4n) is 0. The van der Waals surface area contributed by atoms with E-state index in [4.69, 9.17) is 0 Å². The zero-order valence-electron chi connectivity index (χ0n) is 8.33. The van der Waals surface area contributed by atoms with Gasteiger partial charge in [-0.05, 0) is 0 Å². The van der Waals surface area contributed by atoms with Crippen LogP contribution in [0, 0.1) is 22.8 Å². The van der Waals surface area contributed by atoms with Crippen molar-refractivity contribution in [2.75, 3.05) is 0 Å². The summed E-state index contributed by atoms with van der Waals surface area (Å²) in [6, 6.07) is 0. The molecule has 0 aromatic rings. The van der Waals surface area contributed by atoms with E-state index in [9.17, 15) is 0 Å². The van der Waals surface area contributed by atoms with E-state index >= 15 is 0 Å². The monoisotopic (exact) mass is 660 g/mol. The molecule has 0 aliphatic carbocycles. The number of hydrogen-bond acceptors (Lipinski definition) is 0. The van der Waals surface area contributed by atoms with Gasteiger partial charge < -0.3 is 0 Å². The van der Waals surface area contributed by atoms with Gasteiger partial charge in [0.05, 0.1) is 0 Å². The molecule has 4 heteroatoms. The summed E-state index contributed by atoms with van der Waals surface area (Å²) in [6.45, 7) is 0. The van der Waals surface area contributed by atoms with E-state index in [1.54, 1.807) is 0 Å². The predicted molar refractivity (Wildman–Crippen MR) is 56.4 cm³/mol. The van der Waals surface area contributed by atoms with Crippen molar-refractivity contribution in [2.45, 2.75) is 22.8 Å². The molecule has 0 heterocycles. The Morgan fingerprint density at radius 3 is 0.583 bits per heavy atom. The average molecular weight is 660 g/mol. The van der Waals surface area contributed by atoms with Gasteiger partial charge in [-0.15, -0.1) is 0 Å². The summed E-state index contributed by atoms with van der Waals surface area (Å²) in [6.07, 6.45) is 0.